The monoisotopic (exact) mass is 440 g/mol. The molecule has 2 aliphatic rings. The van der Waals surface area contributed by atoms with E-state index in [0.29, 0.717) is 23.9 Å². The molecular weight excluding hydrogens is 418 g/mol. The Morgan fingerprint density at radius 2 is 1.91 bits per heavy atom. The average Bonchev–Trinajstić information content (AvgIpc) is 3.53. The maximum atomic E-state index is 13.3. The zero-order chi connectivity index (χ0) is 21.9. The predicted molar refractivity (Wildman–Crippen MR) is 112 cm³/mol. The number of hydrogen-bond acceptors (Lipinski definition) is 8. The molecule has 1 aromatic carbocycles. The molecule has 0 amide bonds. The van der Waals surface area contributed by atoms with E-state index in [4.69, 9.17) is 4.84 Å². The van der Waals surface area contributed by atoms with Crippen molar-refractivity contribution in [2.24, 2.45) is 5.16 Å². The van der Waals surface area contributed by atoms with Crippen LogP contribution in [0.4, 0.5) is 14.7 Å². The van der Waals surface area contributed by atoms with Crippen molar-refractivity contribution in [3.8, 4) is 0 Å². The molecule has 166 valence electrons. The van der Waals surface area contributed by atoms with Crippen LogP contribution in [0.1, 0.15) is 48.1 Å². The number of aromatic amines is 1. The summed E-state index contributed by atoms with van der Waals surface area (Å²) < 4.78 is 26.3. The lowest BCUT2D eigenvalue weighted by atomic mass is 9.93. The number of nitrogens with one attached hydrogen (secondary N) is 2. The van der Waals surface area contributed by atoms with E-state index in [9.17, 15) is 8.78 Å². The Hall–Kier alpha value is -3.63. The van der Waals surface area contributed by atoms with Crippen LogP contribution in [0.5, 0.6) is 0 Å². The van der Waals surface area contributed by atoms with Crippen molar-refractivity contribution in [2.75, 3.05) is 18.4 Å². The van der Waals surface area contributed by atoms with Crippen molar-refractivity contribution in [1.29, 1.82) is 0 Å². The van der Waals surface area contributed by atoms with E-state index < -0.39 is 11.6 Å². The van der Waals surface area contributed by atoms with Crippen molar-refractivity contribution in [2.45, 2.75) is 37.8 Å². The largest absolute Gasteiger partial charge is 0.386 e. The number of hydrogen-bond donors (Lipinski definition) is 2. The molecule has 0 saturated carbocycles. The smallest absolute Gasteiger partial charge is 0.222 e. The normalized spacial score (nSPS) is 19.0. The van der Waals surface area contributed by atoms with E-state index in [1.54, 1.807) is 18.6 Å². The number of piperidine rings is 1. The molecular formula is C21H22F2N8O. The summed E-state index contributed by atoms with van der Waals surface area (Å²) in [7, 11) is 0. The molecule has 2 aliphatic heterocycles. The summed E-state index contributed by atoms with van der Waals surface area (Å²) in [5.41, 5.74) is 2.52. The summed E-state index contributed by atoms with van der Waals surface area (Å²) >= 11 is 0. The number of halogens is 2. The molecule has 0 spiro atoms. The number of benzene rings is 1. The lowest BCUT2D eigenvalue weighted by Crippen LogP contribution is -2.37. The fourth-order valence-corrected chi connectivity index (χ4v) is 4.01. The molecule has 1 unspecified atom stereocenters. The molecule has 2 aromatic heterocycles. The Kier molecular flexibility index (Phi) is 5.61. The Morgan fingerprint density at radius 1 is 1.09 bits per heavy atom. The second kappa shape index (κ2) is 8.85. The lowest BCUT2D eigenvalue weighted by molar-refractivity contribution is 0.0850. The summed E-state index contributed by atoms with van der Waals surface area (Å²) in [5, 5.41) is 17.9. The number of H-pyrrole nitrogens is 1. The van der Waals surface area contributed by atoms with E-state index in [1.807, 2.05) is 0 Å². The van der Waals surface area contributed by atoms with E-state index in [1.165, 1.54) is 6.07 Å². The van der Waals surface area contributed by atoms with Gasteiger partial charge >= 0.3 is 0 Å². The van der Waals surface area contributed by atoms with E-state index in [0.717, 1.165) is 55.2 Å². The molecule has 32 heavy (non-hydrogen) atoms. The lowest BCUT2D eigenvalue weighted by Gasteiger charge is -2.32. The molecule has 1 atom stereocenters. The Bertz CT molecular complexity index is 1080. The maximum absolute atomic E-state index is 13.3. The van der Waals surface area contributed by atoms with Crippen LogP contribution in [0, 0.1) is 11.6 Å². The third kappa shape index (κ3) is 4.36. The quantitative estimate of drug-likeness (QED) is 0.628. The Balaban J connectivity index is 1.12. The van der Waals surface area contributed by atoms with Gasteiger partial charge in [0.05, 0.1) is 18.3 Å². The Morgan fingerprint density at radius 3 is 2.62 bits per heavy atom. The summed E-state index contributed by atoms with van der Waals surface area (Å²) in [6.45, 7) is 2.10. The number of amidine groups is 1. The number of rotatable bonds is 5. The van der Waals surface area contributed by atoms with Crippen molar-refractivity contribution in [1.82, 2.24) is 30.3 Å². The van der Waals surface area contributed by atoms with Gasteiger partial charge in [-0.1, -0.05) is 16.4 Å². The van der Waals surface area contributed by atoms with Crippen molar-refractivity contribution < 1.29 is 13.6 Å². The minimum atomic E-state index is -0.878. The minimum absolute atomic E-state index is 0.222. The van der Waals surface area contributed by atoms with Crippen molar-refractivity contribution in [3.05, 3.63) is 65.2 Å². The van der Waals surface area contributed by atoms with Gasteiger partial charge in [0.25, 0.3) is 0 Å². The highest BCUT2D eigenvalue weighted by Gasteiger charge is 2.30. The first-order valence-electron chi connectivity index (χ1n) is 10.5. The van der Waals surface area contributed by atoms with E-state index in [-0.39, 0.29) is 12.6 Å². The molecule has 11 heteroatoms. The molecule has 2 N–H and O–H groups in total. The van der Waals surface area contributed by atoms with E-state index >= 15 is 0 Å². The van der Waals surface area contributed by atoms with Gasteiger partial charge in [0.15, 0.2) is 17.7 Å². The zero-order valence-corrected chi connectivity index (χ0v) is 17.2. The minimum Gasteiger partial charge on any atom is -0.386 e. The SMILES string of the molecule is Fc1ccc(CNc2ncc(C3CC(N4CCC(c5cnn[nH]5)CC4)=NO3)cn2)cc1F. The van der Waals surface area contributed by atoms with Gasteiger partial charge in [-0.15, -0.1) is 5.10 Å². The van der Waals surface area contributed by atoms with Crippen LogP contribution >= 0.6 is 0 Å². The summed E-state index contributed by atoms with van der Waals surface area (Å²) in [6.07, 6.45) is 7.65. The van der Waals surface area contributed by atoms with Crippen LogP contribution in [0.3, 0.4) is 0 Å². The van der Waals surface area contributed by atoms with Gasteiger partial charge in [-0.05, 0) is 30.5 Å². The van der Waals surface area contributed by atoms with E-state index in [2.05, 4.69) is 40.8 Å². The van der Waals surface area contributed by atoms with Crippen molar-refractivity contribution >= 4 is 11.8 Å². The third-order valence-corrected chi connectivity index (χ3v) is 5.86. The van der Waals surface area contributed by atoms with Gasteiger partial charge in [0, 0.05) is 43.5 Å². The van der Waals surface area contributed by atoms with Crippen LogP contribution < -0.4 is 5.32 Å². The topological polar surface area (TPSA) is 104 Å². The molecule has 1 saturated heterocycles. The third-order valence-electron chi connectivity index (χ3n) is 5.86. The highest BCUT2D eigenvalue weighted by atomic mass is 19.2. The second-order valence-corrected chi connectivity index (χ2v) is 7.92. The van der Waals surface area contributed by atoms with Crippen LogP contribution in [0.25, 0.3) is 0 Å². The summed E-state index contributed by atoms with van der Waals surface area (Å²) in [6, 6.07) is 3.76. The second-order valence-electron chi connectivity index (χ2n) is 7.92. The van der Waals surface area contributed by atoms with Gasteiger partial charge in [0.1, 0.15) is 5.84 Å². The van der Waals surface area contributed by atoms with Crippen LogP contribution in [0.2, 0.25) is 0 Å². The molecule has 3 aromatic rings. The molecule has 9 nitrogen and oxygen atoms in total. The molecule has 0 bridgehead atoms. The summed E-state index contributed by atoms with van der Waals surface area (Å²) in [4.78, 5) is 16.5. The standard InChI is InChI=1S/C21H22F2N8O/c22-16-2-1-13(7-17(16)23)9-24-21-25-10-15(11-26-21)19-8-20(29-32-19)31-5-3-14(4-6-31)18-12-27-30-28-18/h1-2,7,10-12,14,19H,3-6,8-9H2,(H,24,25,26)(H,27,28,30). The average molecular weight is 440 g/mol. The molecule has 5 rings (SSSR count). The van der Waals surface area contributed by atoms with Crippen molar-refractivity contribution in [3.63, 3.8) is 0 Å². The Labute approximate surface area is 182 Å². The van der Waals surface area contributed by atoms with Crippen LogP contribution in [-0.4, -0.2) is 49.2 Å². The number of anilines is 1. The predicted octanol–water partition coefficient (Wildman–Crippen LogP) is 3.14. The highest BCUT2D eigenvalue weighted by molar-refractivity contribution is 5.83. The number of oxime groups is 1. The van der Waals surface area contributed by atoms with Crippen LogP contribution in [-0.2, 0) is 11.4 Å². The molecule has 0 radical (unpaired) electrons. The number of nitrogens with zero attached hydrogens (tertiary/aromatic N) is 6. The van der Waals surface area contributed by atoms with Crippen LogP contribution in [0.15, 0.2) is 41.9 Å². The van der Waals surface area contributed by atoms with Gasteiger partial charge in [-0.2, -0.15) is 0 Å². The molecule has 0 aliphatic carbocycles. The van der Waals surface area contributed by atoms with Gasteiger partial charge in [-0.25, -0.2) is 18.7 Å². The van der Waals surface area contributed by atoms with Gasteiger partial charge < -0.3 is 15.1 Å². The number of likely N-dealkylation sites (tertiary alicyclic amines) is 1. The fourth-order valence-electron chi connectivity index (χ4n) is 4.01. The first-order chi connectivity index (χ1) is 15.7. The highest BCUT2D eigenvalue weighted by Crippen LogP contribution is 2.31. The first kappa shape index (κ1) is 20.3. The fraction of sp³-hybridized carbons (Fsp3) is 0.381. The van der Waals surface area contributed by atoms with Gasteiger partial charge in [0.2, 0.25) is 5.95 Å². The maximum Gasteiger partial charge on any atom is 0.222 e. The van der Waals surface area contributed by atoms with Gasteiger partial charge in [-0.3, -0.25) is 5.10 Å². The molecule has 4 heterocycles. The first-order valence-corrected chi connectivity index (χ1v) is 10.5. The number of aromatic nitrogens is 5. The summed E-state index contributed by atoms with van der Waals surface area (Å²) in [5.74, 6) is 0.0359. The molecule has 1 fully saturated rings. The zero-order valence-electron chi connectivity index (χ0n) is 17.2.